The van der Waals surface area contributed by atoms with E-state index in [1.807, 2.05) is 23.5 Å². The van der Waals surface area contributed by atoms with E-state index in [0.717, 1.165) is 12.2 Å². The molecular formula is C9H16N4S. The molecule has 1 aliphatic rings. The van der Waals surface area contributed by atoms with E-state index in [4.69, 9.17) is 5.73 Å². The maximum Gasteiger partial charge on any atom is 0.138 e. The predicted octanol–water partition coefficient (Wildman–Crippen LogP) is 0.438. The van der Waals surface area contributed by atoms with Crippen LogP contribution >= 0.6 is 11.8 Å². The maximum absolute atomic E-state index is 6.14. The molecular weight excluding hydrogens is 196 g/mol. The van der Waals surface area contributed by atoms with Gasteiger partial charge in [0, 0.05) is 19.5 Å². The van der Waals surface area contributed by atoms with Crippen LogP contribution in [0.5, 0.6) is 0 Å². The standard InChI is InChI=1S/C9H16N4S/c1-13-9(11-6-12-13)4-8(10)7-2-3-14-5-7/h6-8H,2-5,10H2,1H3. The van der Waals surface area contributed by atoms with Crippen LogP contribution in [-0.4, -0.2) is 32.3 Å². The largest absolute Gasteiger partial charge is 0.327 e. The van der Waals surface area contributed by atoms with Crippen molar-refractivity contribution in [1.29, 1.82) is 0 Å². The summed E-state index contributed by atoms with van der Waals surface area (Å²) < 4.78 is 1.81. The zero-order valence-corrected chi connectivity index (χ0v) is 9.20. The van der Waals surface area contributed by atoms with Crippen molar-refractivity contribution in [1.82, 2.24) is 14.8 Å². The number of aryl methyl sites for hydroxylation is 1. The average molecular weight is 212 g/mol. The molecule has 0 saturated carbocycles. The average Bonchev–Trinajstić information content (AvgIpc) is 2.77. The second-order valence-electron chi connectivity index (χ2n) is 3.79. The lowest BCUT2D eigenvalue weighted by molar-refractivity contribution is 0.448. The quantitative estimate of drug-likeness (QED) is 0.790. The van der Waals surface area contributed by atoms with E-state index in [9.17, 15) is 0 Å². The van der Waals surface area contributed by atoms with Gasteiger partial charge in [-0.3, -0.25) is 4.68 Å². The maximum atomic E-state index is 6.14. The van der Waals surface area contributed by atoms with Crippen molar-refractivity contribution >= 4 is 11.8 Å². The molecule has 0 aromatic carbocycles. The van der Waals surface area contributed by atoms with Gasteiger partial charge in [0.15, 0.2) is 0 Å². The van der Waals surface area contributed by atoms with Crippen molar-refractivity contribution in [2.75, 3.05) is 11.5 Å². The van der Waals surface area contributed by atoms with Gasteiger partial charge in [-0.25, -0.2) is 4.98 Å². The lowest BCUT2D eigenvalue weighted by atomic mass is 9.97. The van der Waals surface area contributed by atoms with Crippen molar-refractivity contribution < 1.29 is 0 Å². The number of hydrogen-bond donors (Lipinski definition) is 1. The fourth-order valence-electron chi connectivity index (χ4n) is 1.77. The van der Waals surface area contributed by atoms with Gasteiger partial charge in [-0.2, -0.15) is 16.9 Å². The van der Waals surface area contributed by atoms with E-state index in [1.165, 1.54) is 17.9 Å². The Morgan fingerprint density at radius 1 is 1.79 bits per heavy atom. The minimum atomic E-state index is 0.243. The zero-order valence-electron chi connectivity index (χ0n) is 8.39. The fraction of sp³-hybridized carbons (Fsp3) is 0.778. The molecule has 1 aromatic rings. The van der Waals surface area contributed by atoms with E-state index in [1.54, 1.807) is 6.33 Å². The summed E-state index contributed by atoms with van der Waals surface area (Å²) >= 11 is 2.00. The summed E-state index contributed by atoms with van der Waals surface area (Å²) in [4.78, 5) is 4.19. The summed E-state index contributed by atoms with van der Waals surface area (Å²) in [6.45, 7) is 0. The van der Waals surface area contributed by atoms with E-state index in [0.29, 0.717) is 5.92 Å². The summed E-state index contributed by atoms with van der Waals surface area (Å²) in [6, 6.07) is 0.243. The Hall–Kier alpha value is -0.550. The molecule has 0 aliphatic carbocycles. The molecule has 2 heterocycles. The first-order valence-electron chi connectivity index (χ1n) is 4.93. The smallest absolute Gasteiger partial charge is 0.138 e. The normalized spacial score (nSPS) is 24.0. The topological polar surface area (TPSA) is 56.7 Å². The van der Waals surface area contributed by atoms with Crippen LogP contribution in [0.1, 0.15) is 12.2 Å². The van der Waals surface area contributed by atoms with Crippen molar-refractivity contribution in [3.8, 4) is 0 Å². The molecule has 1 aliphatic heterocycles. The van der Waals surface area contributed by atoms with Crippen molar-refractivity contribution in [2.45, 2.75) is 18.9 Å². The Morgan fingerprint density at radius 3 is 3.21 bits per heavy atom. The van der Waals surface area contributed by atoms with Crippen LogP contribution < -0.4 is 5.73 Å². The van der Waals surface area contributed by atoms with Gasteiger partial charge in [-0.1, -0.05) is 0 Å². The third-order valence-corrected chi connectivity index (χ3v) is 3.98. The Bertz CT molecular complexity index is 293. The summed E-state index contributed by atoms with van der Waals surface area (Å²) in [5, 5.41) is 4.04. The van der Waals surface area contributed by atoms with Gasteiger partial charge in [0.1, 0.15) is 12.2 Å². The summed E-state index contributed by atoms with van der Waals surface area (Å²) in [6.07, 6.45) is 3.69. The van der Waals surface area contributed by atoms with Crippen LogP contribution in [0.3, 0.4) is 0 Å². The lowest BCUT2D eigenvalue weighted by Gasteiger charge is -2.17. The zero-order chi connectivity index (χ0) is 9.97. The van der Waals surface area contributed by atoms with Crippen LogP contribution in [0, 0.1) is 5.92 Å². The molecule has 0 radical (unpaired) electrons. The molecule has 14 heavy (non-hydrogen) atoms. The van der Waals surface area contributed by atoms with Crippen LogP contribution in [0.15, 0.2) is 6.33 Å². The highest BCUT2D eigenvalue weighted by atomic mass is 32.2. The Morgan fingerprint density at radius 2 is 2.64 bits per heavy atom. The second-order valence-corrected chi connectivity index (χ2v) is 4.94. The van der Waals surface area contributed by atoms with Gasteiger partial charge in [0.25, 0.3) is 0 Å². The predicted molar refractivity (Wildman–Crippen MR) is 58.1 cm³/mol. The van der Waals surface area contributed by atoms with Crippen LogP contribution in [0.4, 0.5) is 0 Å². The third-order valence-electron chi connectivity index (χ3n) is 2.79. The number of rotatable bonds is 3. The minimum Gasteiger partial charge on any atom is -0.327 e. The minimum absolute atomic E-state index is 0.243. The first-order valence-corrected chi connectivity index (χ1v) is 6.09. The van der Waals surface area contributed by atoms with Crippen molar-refractivity contribution in [2.24, 2.45) is 18.7 Å². The molecule has 1 fully saturated rings. The van der Waals surface area contributed by atoms with E-state index in [-0.39, 0.29) is 6.04 Å². The molecule has 5 heteroatoms. The molecule has 0 amide bonds. The SMILES string of the molecule is Cn1ncnc1CC(N)C1CCSC1. The molecule has 0 spiro atoms. The first-order chi connectivity index (χ1) is 6.77. The van der Waals surface area contributed by atoms with Gasteiger partial charge < -0.3 is 5.73 Å². The van der Waals surface area contributed by atoms with Gasteiger partial charge in [-0.05, 0) is 23.8 Å². The van der Waals surface area contributed by atoms with Gasteiger partial charge in [-0.15, -0.1) is 0 Å². The molecule has 2 unspecified atom stereocenters. The van der Waals surface area contributed by atoms with Gasteiger partial charge in [0.05, 0.1) is 0 Å². The molecule has 2 N–H and O–H groups in total. The van der Waals surface area contributed by atoms with Gasteiger partial charge >= 0.3 is 0 Å². The summed E-state index contributed by atoms with van der Waals surface area (Å²) in [5.41, 5.74) is 6.14. The molecule has 2 atom stereocenters. The highest BCUT2D eigenvalue weighted by Crippen LogP contribution is 2.26. The number of nitrogens with two attached hydrogens (primary N) is 1. The second kappa shape index (κ2) is 4.31. The Balaban J connectivity index is 1.93. The fourth-order valence-corrected chi connectivity index (χ4v) is 3.13. The van der Waals surface area contributed by atoms with E-state index in [2.05, 4.69) is 10.1 Å². The first kappa shape index (κ1) is 9.98. The molecule has 78 valence electrons. The molecule has 1 aromatic heterocycles. The monoisotopic (exact) mass is 212 g/mol. The molecule has 0 bridgehead atoms. The third kappa shape index (κ3) is 2.09. The molecule has 2 rings (SSSR count). The Labute approximate surface area is 88.3 Å². The summed E-state index contributed by atoms with van der Waals surface area (Å²) in [7, 11) is 1.92. The highest BCUT2D eigenvalue weighted by Gasteiger charge is 2.23. The Kier molecular flexibility index (Phi) is 3.08. The molecule has 4 nitrogen and oxygen atoms in total. The van der Waals surface area contributed by atoms with Gasteiger partial charge in [0.2, 0.25) is 0 Å². The number of aromatic nitrogens is 3. The van der Waals surface area contributed by atoms with Crippen LogP contribution in [0.25, 0.3) is 0 Å². The highest BCUT2D eigenvalue weighted by molar-refractivity contribution is 7.99. The number of thioether (sulfide) groups is 1. The lowest BCUT2D eigenvalue weighted by Crippen LogP contribution is -2.33. The number of nitrogens with zero attached hydrogens (tertiary/aromatic N) is 3. The van der Waals surface area contributed by atoms with E-state index >= 15 is 0 Å². The van der Waals surface area contributed by atoms with E-state index < -0.39 is 0 Å². The van der Waals surface area contributed by atoms with Crippen LogP contribution in [-0.2, 0) is 13.5 Å². The van der Waals surface area contributed by atoms with Crippen molar-refractivity contribution in [3.63, 3.8) is 0 Å². The van der Waals surface area contributed by atoms with Crippen LogP contribution in [0.2, 0.25) is 0 Å². The number of hydrogen-bond acceptors (Lipinski definition) is 4. The summed E-state index contributed by atoms with van der Waals surface area (Å²) in [5.74, 6) is 4.13. The van der Waals surface area contributed by atoms with Crippen molar-refractivity contribution in [3.05, 3.63) is 12.2 Å². The molecule has 1 saturated heterocycles.